The lowest BCUT2D eigenvalue weighted by Crippen LogP contribution is -2.25. The third-order valence-electron chi connectivity index (χ3n) is 3.85. The number of benzene rings is 1. The molecule has 2 rings (SSSR count). The van der Waals surface area contributed by atoms with E-state index in [-0.39, 0.29) is 23.5 Å². The van der Waals surface area contributed by atoms with Gasteiger partial charge in [-0.3, -0.25) is 9.59 Å². The van der Waals surface area contributed by atoms with Gasteiger partial charge in [-0.2, -0.15) is 0 Å². The molecule has 126 valence electrons. The number of rotatable bonds is 6. The van der Waals surface area contributed by atoms with Crippen LogP contribution in [0.4, 0.5) is 5.69 Å². The largest absolute Gasteiger partial charge is 0.352 e. The second-order valence-electron chi connectivity index (χ2n) is 5.93. The van der Waals surface area contributed by atoms with Crippen molar-refractivity contribution in [2.24, 2.45) is 5.92 Å². The smallest absolute Gasteiger partial charge is 0.251 e. The Kier molecular flexibility index (Phi) is 5.76. The van der Waals surface area contributed by atoms with Gasteiger partial charge in [-0.1, -0.05) is 6.07 Å². The molecule has 2 amide bonds. The quantitative estimate of drug-likeness (QED) is 0.771. The Hall–Kier alpha value is -1.89. The zero-order valence-electron chi connectivity index (χ0n) is 13.2. The molecule has 1 aliphatic heterocycles. The number of nitrogens with one attached hydrogen (secondary N) is 2. The highest BCUT2D eigenvalue weighted by molar-refractivity contribution is 7.91. The van der Waals surface area contributed by atoms with Crippen LogP contribution in [0, 0.1) is 5.92 Å². The summed E-state index contributed by atoms with van der Waals surface area (Å²) < 4.78 is 22.8. The molecular weight excluding hydrogens is 316 g/mol. The maximum atomic E-state index is 12.1. The van der Waals surface area contributed by atoms with Crippen molar-refractivity contribution < 1.29 is 18.0 Å². The first-order valence-electron chi connectivity index (χ1n) is 7.72. The Labute approximate surface area is 136 Å². The van der Waals surface area contributed by atoms with Gasteiger partial charge in [-0.05, 0) is 43.4 Å². The lowest BCUT2D eigenvalue weighted by atomic mass is 10.0. The molecular formula is C16H22N2O4S. The van der Waals surface area contributed by atoms with Crippen molar-refractivity contribution in [1.82, 2.24) is 5.32 Å². The van der Waals surface area contributed by atoms with Crippen LogP contribution in [0.15, 0.2) is 24.3 Å². The van der Waals surface area contributed by atoms with E-state index in [4.69, 9.17) is 0 Å². The summed E-state index contributed by atoms with van der Waals surface area (Å²) >= 11 is 0. The van der Waals surface area contributed by atoms with Crippen LogP contribution in [0.5, 0.6) is 0 Å². The minimum Gasteiger partial charge on any atom is -0.352 e. The molecule has 1 unspecified atom stereocenters. The number of hydrogen-bond acceptors (Lipinski definition) is 4. The van der Waals surface area contributed by atoms with Gasteiger partial charge in [0.15, 0.2) is 9.84 Å². The number of carbonyl (C=O) groups excluding carboxylic acids is 2. The molecule has 0 saturated carbocycles. The average molecular weight is 338 g/mol. The Morgan fingerprint density at radius 3 is 2.74 bits per heavy atom. The second kappa shape index (κ2) is 7.59. The maximum absolute atomic E-state index is 12.1. The standard InChI is InChI=1S/C16H22N2O4S/c1-12(19)18-15-6-2-5-14(10-15)16(20)17-8-3-4-13-7-9-23(21,22)11-13/h2,5-6,10,13H,3-4,7-9,11H2,1H3,(H,17,20)(H,18,19). The molecule has 1 fully saturated rings. The van der Waals surface area contributed by atoms with Crippen LogP contribution in [0.25, 0.3) is 0 Å². The van der Waals surface area contributed by atoms with Gasteiger partial charge in [0, 0.05) is 24.7 Å². The van der Waals surface area contributed by atoms with Crippen LogP contribution in [0.1, 0.15) is 36.5 Å². The van der Waals surface area contributed by atoms with Gasteiger partial charge in [0.2, 0.25) is 5.91 Å². The number of anilines is 1. The van der Waals surface area contributed by atoms with Crippen molar-refractivity contribution in [2.75, 3.05) is 23.4 Å². The summed E-state index contributed by atoms with van der Waals surface area (Å²) in [4.78, 5) is 23.1. The molecule has 23 heavy (non-hydrogen) atoms. The Bertz CT molecular complexity index is 685. The van der Waals surface area contributed by atoms with E-state index in [0.29, 0.717) is 23.5 Å². The SMILES string of the molecule is CC(=O)Nc1cccc(C(=O)NCCCC2CCS(=O)(=O)C2)c1. The molecule has 0 aliphatic carbocycles. The van der Waals surface area contributed by atoms with Gasteiger partial charge in [0.1, 0.15) is 0 Å². The highest BCUT2D eigenvalue weighted by atomic mass is 32.2. The van der Waals surface area contributed by atoms with Crippen LogP contribution < -0.4 is 10.6 Å². The molecule has 0 radical (unpaired) electrons. The lowest BCUT2D eigenvalue weighted by Gasteiger charge is -2.09. The normalized spacial score (nSPS) is 19.3. The van der Waals surface area contributed by atoms with Gasteiger partial charge in [0.05, 0.1) is 11.5 Å². The van der Waals surface area contributed by atoms with E-state index in [2.05, 4.69) is 10.6 Å². The molecule has 2 N–H and O–H groups in total. The fourth-order valence-electron chi connectivity index (χ4n) is 2.74. The predicted molar refractivity (Wildman–Crippen MR) is 89.1 cm³/mol. The molecule has 0 spiro atoms. The Morgan fingerprint density at radius 1 is 1.30 bits per heavy atom. The van der Waals surface area contributed by atoms with Crippen molar-refractivity contribution in [3.63, 3.8) is 0 Å². The third-order valence-corrected chi connectivity index (χ3v) is 5.68. The van der Waals surface area contributed by atoms with Crippen molar-refractivity contribution >= 4 is 27.3 Å². The number of amides is 2. The molecule has 1 aliphatic rings. The molecule has 0 aromatic heterocycles. The fourth-order valence-corrected chi connectivity index (χ4v) is 4.65. The summed E-state index contributed by atoms with van der Waals surface area (Å²) in [6.07, 6.45) is 2.30. The van der Waals surface area contributed by atoms with Gasteiger partial charge in [0.25, 0.3) is 5.91 Å². The minimum atomic E-state index is -2.83. The number of sulfone groups is 1. The monoisotopic (exact) mass is 338 g/mol. The summed E-state index contributed by atoms with van der Waals surface area (Å²) in [6, 6.07) is 6.74. The Morgan fingerprint density at radius 2 is 2.09 bits per heavy atom. The molecule has 7 heteroatoms. The van der Waals surface area contributed by atoms with Gasteiger partial charge in [-0.15, -0.1) is 0 Å². The van der Waals surface area contributed by atoms with Crippen LogP contribution >= 0.6 is 0 Å². The van der Waals surface area contributed by atoms with Crippen LogP contribution in [0.2, 0.25) is 0 Å². The van der Waals surface area contributed by atoms with E-state index in [1.54, 1.807) is 24.3 Å². The van der Waals surface area contributed by atoms with Crippen LogP contribution in [-0.4, -0.2) is 38.3 Å². The lowest BCUT2D eigenvalue weighted by molar-refractivity contribution is -0.114. The van der Waals surface area contributed by atoms with E-state index in [0.717, 1.165) is 19.3 Å². The van der Waals surface area contributed by atoms with E-state index in [9.17, 15) is 18.0 Å². The van der Waals surface area contributed by atoms with Crippen molar-refractivity contribution in [1.29, 1.82) is 0 Å². The number of carbonyl (C=O) groups is 2. The summed E-state index contributed by atoms with van der Waals surface area (Å²) in [7, 11) is -2.83. The Balaban J connectivity index is 1.75. The van der Waals surface area contributed by atoms with Crippen molar-refractivity contribution in [3.05, 3.63) is 29.8 Å². The fraction of sp³-hybridized carbons (Fsp3) is 0.500. The molecule has 1 saturated heterocycles. The second-order valence-corrected chi connectivity index (χ2v) is 8.16. The molecule has 1 aromatic rings. The van der Waals surface area contributed by atoms with E-state index in [1.165, 1.54) is 6.92 Å². The summed E-state index contributed by atoms with van der Waals surface area (Å²) in [6.45, 7) is 1.93. The topological polar surface area (TPSA) is 92.3 Å². The molecule has 1 atom stereocenters. The summed E-state index contributed by atoms with van der Waals surface area (Å²) in [5.41, 5.74) is 1.07. The maximum Gasteiger partial charge on any atom is 0.251 e. The summed E-state index contributed by atoms with van der Waals surface area (Å²) in [5.74, 6) is 0.407. The molecule has 1 aromatic carbocycles. The zero-order valence-corrected chi connectivity index (χ0v) is 14.0. The average Bonchev–Trinajstić information content (AvgIpc) is 2.82. The highest BCUT2D eigenvalue weighted by Gasteiger charge is 2.27. The summed E-state index contributed by atoms with van der Waals surface area (Å²) in [5, 5.41) is 5.46. The zero-order chi connectivity index (χ0) is 16.9. The first-order chi connectivity index (χ1) is 10.9. The van der Waals surface area contributed by atoms with Crippen LogP contribution in [-0.2, 0) is 14.6 Å². The molecule has 6 nitrogen and oxygen atoms in total. The van der Waals surface area contributed by atoms with E-state index in [1.807, 2.05) is 0 Å². The van der Waals surface area contributed by atoms with Crippen LogP contribution in [0.3, 0.4) is 0 Å². The van der Waals surface area contributed by atoms with E-state index < -0.39 is 9.84 Å². The molecule has 1 heterocycles. The molecule has 0 bridgehead atoms. The number of hydrogen-bond donors (Lipinski definition) is 2. The van der Waals surface area contributed by atoms with Gasteiger partial charge >= 0.3 is 0 Å². The van der Waals surface area contributed by atoms with E-state index >= 15 is 0 Å². The van der Waals surface area contributed by atoms with Crippen molar-refractivity contribution in [3.8, 4) is 0 Å². The third kappa shape index (κ3) is 5.67. The van der Waals surface area contributed by atoms with Gasteiger partial charge in [-0.25, -0.2) is 8.42 Å². The minimum absolute atomic E-state index is 0.186. The van der Waals surface area contributed by atoms with Gasteiger partial charge < -0.3 is 10.6 Å². The first kappa shape index (κ1) is 17.5. The highest BCUT2D eigenvalue weighted by Crippen LogP contribution is 2.22. The first-order valence-corrected chi connectivity index (χ1v) is 9.54. The van der Waals surface area contributed by atoms with Crippen molar-refractivity contribution in [2.45, 2.75) is 26.2 Å². The predicted octanol–water partition coefficient (Wildman–Crippen LogP) is 1.59.